The Kier molecular flexibility index (Phi) is 11.1. The zero-order valence-electron chi connectivity index (χ0n) is 26.0. The molecular weight excluding hydrogens is 746 g/mol. The molecule has 0 saturated carbocycles. The van der Waals surface area contributed by atoms with E-state index in [0.29, 0.717) is 0 Å². The minimum Gasteiger partial charge on any atom is -0.494 e. The number of nitrogens with two attached hydrogens (primary N) is 1. The lowest BCUT2D eigenvalue weighted by atomic mass is 10.1. The average Bonchev–Trinajstić information content (AvgIpc) is 3.00. The predicted octanol–water partition coefficient (Wildman–Crippen LogP) is 2.05. The van der Waals surface area contributed by atoms with Crippen LogP contribution in [-0.4, -0.2) is 77.3 Å². The smallest absolute Gasteiger partial charge is 0.397 e. The van der Waals surface area contributed by atoms with Gasteiger partial charge in [0, 0.05) is 23.5 Å². The number of aromatic nitrogens is 4. The van der Waals surface area contributed by atoms with Gasteiger partial charge in [0.2, 0.25) is 17.8 Å². The SMILES string of the molecule is CCn1c(O)c(C(N)=O)c(C)c(N=Nc2cc(Nc3nc(F)nc(Nc4ccc(S(=O)(=O)CCOS(=O)(=O)O)cc4)n3)ccc2S(=O)(=O)O)c1=O. The summed E-state index contributed by atoms with van der Waals surface area (Å²) in [7, 11) is -13.8. The number of halogens is 1. The number of anilines is 4. The van der Waals surface area contributed by atoms with Gasteiger partial charge in [0.1, 0.15) is 16.1 Å². The van der Waals surface area contributed by atoms with Crippen LogP contribution in [0.1, 0.15) is 22.8 Å². The van der Waals surface area contributed by atoms with E-state index in [4.69, 9.17) is 10.3 Å². The third-order valence-electron chi connectivity index (χ3n) is 6.63. The van der Waals surface area contributed by atoms with Crippen molar-refractivity contribution in [2.24, 2.45) is 16.0 Å². The Bertz CT molecular complexity index is 2440. The van der Waals surface area contributed by atoms with E-state index in [0.717, 1.165) is 34.9 Å². The van der Waals surface area contributed by atoms with Crippen LogP contribution in [0.5, 0.6) is 5.88 Å². The number of nitrogens with zero attached hydrogens (tertiary/aromatic N) is 6. The number of azo groups is 1. The molecule has 0 fully saturated rings. The molecule has 272 valence electrons. The lowest BCUT2D eigenvalue weighted by Gasteiger charge is -2.13. The molecule has 0 saturated heterocycles. The van der Waals surface area contributed by atoms with Gasteiger partial charge >= 0.3 is 16.5 Å². The maximum Gasteiger partial charge on any atom is 0.397 e. The molecule has 4 aromatic rings. The molecule has 2 heterocycles. The lowest BCUT2D eigenvalue weighted by molar-refractivity contribution is 0.0995. The van der Waals surface area contributed by atoms with Crippen molar-refractivity contribution >= 4 is 70.9 Å². The molecule has 0 aliphatic carbocycles. The first-order valence-electron chi connectivity index (χ1n) is 13.9. The minimum absolute atomic E-state index is 0.0355. The number of hydrogen-bond donors (Lipinski definition) is 6. The molecule has 21 nitrogen and oxygen atoms in total. The van der Waals surface area contributed by atoms with Crippen molar-refractivity contribution in [1.82, 2.24) is 19.5 Å². The van der Waals surface area contributed by atoms with E-state index in [-0.39, 0.29) is 34.3 Å². The Balaban J connectivity index is 1.62. The van der Waals surface area contributed by atoms with Crippen molar-refractivity contribution in [2.45, 2.75) is 30.2 Å². The predicted molar refractivity (Wildman–Crippen MR) is 174 cm³/mol. The van der Waals surface area contributed by atoms with E-state index >= 15 is 0 Å². The number of aromatic hydroxyl groups is 1. The molecule has 0 bridgehead atoms. The van der Waals surface area contributed by atoms with E-state index in [1.165, 1.54) is 26.0 Å². The fourth-order valence-electron chi connectivity index (χ4n) is 4.34. The maximum absolute atomic E-state index is 14.4. The summed E-state index contributed by atoms with van der Waals surface area (Å²) in [6, 6.07) is 7.84. The number of sulfone groups is 1. The number of amides is 1. The van der Waals surface area contributed by atoms with Gasteiger partial charge in [-0.2, -0.15) is 36.2 Å². The van der Waals surface area contributed by atoms with Crippen molar-refractivity contribution in [3.63, 3.8) is 0 Å². The third-order valence-corrected chi connectivity index (χ3v) is 9.69. The molecule has 51 heavy (non-hydrogen) atoms. The van der Waals surface area contributed by atoms with Gasteiger partial charge in [-0.05, 0) is 56.3 Å². The van der Waals surface area contributed by atoms with E-state index in [2.05, 4.69) is 40.0 Å². The third kappa shape index (κ3) is 9.41. The second-order valence-corrected chi connectivity index (χ2v) is 14.6. The molecule has 0 atom stereocenters. The van der Waals surface area contributed by atoms with Crippen LogP contribution >= 0.6 is 0 Å². The van der Waals surface area contributed by atoms with Crippen LogP contribution in [0, 0.1) is 13.0 Å². The second-order valence-electron chi connectivity index (χ2n) is 10.0. The van der Waals surface area contributed by atoms with Gasteiger partial charge < -0.3 is 21.5 Å². The molecular formula is C26H26FN9O12S3. The number of carbonyl (C=O) groups is 1. The molecule has 1 amide bonds. The largest absolute Gasteiger partial charge is 0.494 e. The molecule has 0 radical (unpaired) electrons. The Hall–Kier alpha value is -5.47. The van der Waals surface area contributed by atoms with Crippen LogP contribution in [0.2, 0.25) is 0 Å². The van der Waals surface area contributed by atoms with Crippen molar-refractivity contribution in [1.29, 1.82) is 0 Å². The molecule has 0 spiro atoms. The summed E-state index contributed by atoms with van der Waals surface area (Å²) >= 11 is 0. The summed E-state index contributed by atoms with van der Waals surface area (Å²) in [5.41, 5.74) is 2.98. The normalized spacial score (nSPS) is 12.3. The van der Waals surface area contributed by atoms with Crippen molar-refractivity contribution in [2.75, 3.05) is 23.0 Å². The van der Waals surface area contributed by atoms with E-state index in [1.807, 2.05) is 0 Å². The molecule has 2 aromatic carbocycles. The topological polar surface area (TPSA) is 325 Å². The van der Waals surface area contributed by atoms with Crippen molar-refractivity contribution in [3.05, 3.63) is 70.0 Å². The highest BCUT2D eigenvalue weighted by Gasteiger charge is 2.23. The zero-order chi connectivity index (χ0) is 37.9. The van der Waals surface area contributed by atoms with Crippen LogP contribution in [0.25, 0.3) is 0 Å². The molecule has 7 N–H and O–H groups in total. The van der Waals surface area contributed by atoms with Gasteiger partial charge in [-0.15, -0.1) is 10.2 Å². The van der Waals surface area contributed by atoms with Crippen LogP contribution < -0.4 is 21.9 Å². The van der Waals surface area contributed by atoms with Gasteiger partial charge in [-0.25, -0.2) is 12.6 Å². The van der Waals surface area contributed by atoms with Crippen molar-refractivity contribution in [3.8, 4) is 5.88 Å². The quantitative estimate of drug-likeness (QED) is 0.0789. The first-order valence-corrected chi connectivity index (χ1v) is 18.4. The summed E-state index contributed by atoms with van der Waals surface area (Å²) in [5, 5.41) is 23.1. The van der Waals surface area contributed by atoms with E-state index in [1.54, 1.807) is 0 Å². The Morgan fingerprint density at radius 2 is 1.55 bits per heavy atom. The van der Waals surface area contributed by atoms with Gasteiger partial charge in [0.15, 0.2) is 15.5 Å². The van der Waals surface area contributed by atoms with Crippen LogP contribution in [0.4, 0.5) is 39.0 Å². The van der Waals surface area contributed by atoms with Gasteiger partial charge in [-0.3, -0.25) is 23.3 Å². The van der Waals surface area contributed by atoms with Gasteiger partial charge in [0.25, 0.3) is 21.6 Å². The number of carbonyl (C=O) groups excluding carboxylic acids is 1. The van der Waals surface area contributed by atoms with Gasteiger partial charge in [-0.1, -0.05) is 0 Å². The summed E-state index contributed by atoms with van der Waals surface area (Å²) < 4.78 is 108. The fraction of sp³-hybridized carbons (Fsp3) is 0.192. The number of nitrogens with one attached hydrogen (secondary N) is 2. The Morgan fingerprint density at radius 3 is 2.10 bits per heavy atom. The molecule has 0 unspecified atom stereocenters. The number of benzene rings is 2. The number of hydrogen-bond acceptors (Lipinski definition) is 17. The average molecular weight is 772 g/mol. The molecule has 25 heteroatoms. The fourth-order valence-corrected chi connectivity index (χ4v) is 6.43. The molecule has 0 aliphatic rings. The van der Waals surface area contributed by atoms with Gasteiger partial charge in [0.05, 0.1) is 17.3 Å². The minimum atomic E-state index is -4.93. The number of rotatable bonds is 14. The summed E-state index contributed by atoms with van der Waals surface area (Å²) in [4.78, 5) is 34.9. The lowest BCUT2D eigenvalue weighted by Crippen LogP contribution is -2.25. The first-order chi connectivity index (χ1) is 23.7. The molecule has 4 rings (SSSR count). The summed E-state index contributed by atoms with van der Waals surface area (Å²) in [5.74, 6) is -3.37. The highest BCUT2D eigenvalue weighted by atomic mass is 32.3. The van der Waals surface area contributed by atoms with Crippen molar-refractivity contribution < 1.29 is 52.8 Å². The standard InChI is InChI=1S/C26H26FN9O12S3/c1-3-36-22(38)19(21(28)37)13(2)20(23(36)39)35-34-17-12-15(6-9-18(17)50(42,43)44)30-26-32-24(27)31-25(33-26)29-14-4-7-16(8-5-14)49(40,41)11-10-48-51(45,46)47/h4-9,12,38H,3,10-11H2,1-2H3,(H2,28,37)(H,42,43,44)(H,45,46,47)(H2,29,30,31,32,33). The molecule has 2 aromatic heterocycles. The van der Waals surface area contributed by atoms with E-state index in [9.17, 15) is 48.9 Å². The highest BCUT2D eigenvalue weighted by molar-refractivity contribution is 7.91. The highest BCUT2D eigenvalue weighted by Crippen LogP contribution is 2.32. The Morgan fingerprint density at radius 1 is 0.961 bits per heavy atom. The zero-order valence-corrected chi connectivity index (χ0v) is 28.5. The number of pyridine rings is 1. The number of primary amides is 1. The van der Waals surface area contributed by atoms with Crippen LogP contribution in [0.3, 0.4) is 0 Å². The monoisotopic (exact) mass is 771 g/mol. The van der Waals surface area contributed by atoms with E-state index < -0.39 is 93.9 Å². The summed E-state index contributed by atoms with van der Waals surface area (Å²) in [6.45, 7) is 1.80. The second kappa shape index (κ2) is 14.8. The van der Waals surface area contributed by atoms with Crippen LogP contribution in [0.15, 0.2) is 67.3 Å². The molecule has 0 aliphatic heterocycles. The first kappa shape index (κ1) is 38.3. The summed E-state index contributed by atoms with van der Waals surface area (Å²) in [6.07, 6.45) is -1.29. The Labute approximate surface area is 287 Å². The maximum atomic E-state index is 14.4. The van der Waals surface area contributed by atoms with Crippen LogP contribution in [-0.2, 0) is 41.1 Å².